The van der Waals surface area contributed by atoms with Gasteiger partial charge in [0.25, 0.3) is 11.7 Å². The molecule has 0 aromatic heterocycles. The van der Waals surface area contributed by atoms with Crippen molar-refractivity contribution in [3.05, 3.63) is 29.6 Å². The third-order valence-corrected chi connectivity index (χ3v) is 3.77. The van der Waals surface area contributed by atoms with Gasteiger partial charge >= 0.3 is 0 Å². The van der Waals surface area contributed by atoms with Crippen molar-refractivity contribution in [2.75, 3.05) is 31.1 Å². The van der Waals surface area contributed by atoms with E-state index in [0.29, 0.717) is 17.8 Å². The Bertz CT molecular complexity index is 538. The molecule has 3 rings (SSSR count). The summed E-state index contributed by atoms with van der Waals surface area (Å²) in [5, 5.41) is 0. The Balaban J connectivity index is 1.79. The molecule has 2 aliphatic heterocycles. The second-order valence-corrected chi connectivity index (χ2v) is 5.00. The minimum absolute atomic E-state index is 0.313. The lowest BCUT2D eigenvalue weighted by atomic mass is 10.1. The van der Waals surface area contributed by atoms with Gasteiger partial charge in [0.2, 0.25) is 0 Å². The molecule has 1 aromatic carbocycles. The summed E-state index contributed by atoms with van der Waals surface area (Å²) in [5.41, 5.74) is 0.724. The van der Waals surface area contributed by atoms with Crippen LogP contribution in [0.25, 0.3) is 0 Å². The van der Waals surface area contributed by atoms with Gasteiger partial charge in [0, 0.05) is 13.1 Å². The standard InChI is InChI=1S/C14H15FN2O2/c15-10-3-4-11-12(9-10)17(14(19)13(11)18)8-7-16-5-1-2-6-16/h3-4,9H,1-2,5-8H2. The lowest BCUT2D eigenvalue weighted by Crippen LogP contribution is -2.37. The molecule has 1 saturated heterocycles. The van der Waals surface area contributed by atoms with E-state index >= 15 is 0 Å². The van der Waals surface area contributed by atoms with Gasteiger partial charge in [-0.15, -0.1) is 0 Å². The summed E-state index contributed by atoms with van der Waals surface area (Å²) < 4.78 is 13.3. The van der Waals surface area contributed by atoms with Crippen molar-refractivity contribution in [3.8, 4) is 0 Å². The normalized spacial score (nSPS) is 19.3. The molecule has 0 unspecified atom stereocenters. The van der Waals surface area contributed by atoms with E-state index in [2.05, 4.69) is 4.90 Å². The smallest absolute Gasteiger partial charge is 0.299 e. The molecule has 0 radical (unpaired) electrons. The van der Waals surface area contributed by atoms with Crippen LogP contribution in [0.2, 0.25) is 0 Å². The van der Waals surface area contributed by atoms with Crippen molar-refractivity contribution in [2.24, 2.45) is 0 Å². The molecule has 19 heavy (non-hydrogen) atoms. The monoisotopic (exact) mass is 262 g/mol. The molecule has 2 aliphatic rings. The minimum Gasteiger partial charge on any atom is -0.303 e. The largest absolute Gasteiger partial charge is 0.303 e. The molecule has 2 heterocycles. The number of benzene rings is 1. The Labute approximate surface area is 110 Å². The summed E-state index contributed by atoms with van der Waals surface area (Å²) >= 11 is 0. The number of hydrogen-bond donors (Lipinski definition) is 0. The first-order chi connectivity index (χ1) is 9.16. The molecule has 1 aromatic rings. The fourth-order valence-corrected chi connectivity index (χ4v) is 2.74. The van der Waals surface area contributed by atoms with Crippen molar-refractivity contribution in [1.29, 1.82) is 0 Å². The van der Waals surface area contributed by atoms with Crippen LogP contribution >= 0.6 is 0 Å². The van der Waals surface area contributed by atoms with Crippen molar-refractivity contribution in [2.45, 2.75) is 12.8 Å². The van der Waals surface area contributed by atoms with Gasteiger partial charge in [0.05, 0.1) is 11.3 Å². The number of ketones is 1. The highest BCUT2D eigenvalue weighted by Gasteiger charge is 2.35. The number of carbonyl (C=O) groups excluding carboxylic acids is 2. The molecule has 100 valence electrons. The average Bonchev–Trinajstić information content (AvgIpc) is 2.98. The molecule has 0 atom stereocenters. The average molecular weight is 262 g/mol. The number of hydrogen-bond acceptors (Lipinski definition) is 3. The summed E-state index contributed by atoms with van der Waals surface area (Å²) in [6.07, 6.45) is 2.36. The number of nitrogens with zero attached hydrogens (tertiary/aromatic N) is 2. The van der Waals surface area contributed by atoms with Crippen molar-refractivity contribution in [3.63, 3.8) is 0 Å². The Hall–Kier alpha value is -1.75. The maximum atomic E-state index is 13.3. The predicted octanol–water partition coefficient (Wildman–Crippen LogP) is 1.45. The van der Waals surface area contributed by atoms with E-state index in [0.717, 1.165) is 19.6 Å². The van der Waals surface area contributed by atoms with E-state index in [1.165, 1.54) is 35.9 Å². The number of amides is 1. The zero-order valence-corrected chi connectivity index (χ0v) is 10.6. The van der Waals surface area contributed by atoms with Gasteiger partial charge in [-0.3, -0.25) is 9.59 Å². The number of rotatable bonds is 3. The Morgan fingerprint density at radius 1 is 1.11 bits per heavy atom. The first-order valence-electron chi connectivity index (χ1n) is 6.55. The third-order valence-electron chi connectivity index (χ3n) is 3.77. The number of halogens is 1. The van der Waals surface area contributed by atoms with Gasteiger partial charge in [-0.25, -0.2) is 4.39 Å². The first-order valence-corrected chi connectivity index (χ1v) is 6.55. The fraction of sp³-hybridized carbons (Fsp3) is 0.429. The van der Waals surface area contributed by atoms with E-state index in [4.69, 9.17) is 0 Å². The lowest BCUT2D eigenvalue weighted by molar-refractivity contribution is -0.114. The molecule has 0 spiro atoms. The molecule has 0 bridgehead atoms. The molecule has 5 heteroatoms. The maximum absolute atomic E-state index is 13.3. The molecule has 1 amide bonds. The molecule has 4 nitrogen and oxygen atoms in total. The van der Waals surface area contributed by atoms with Crippen molar-refractivity contribution in [1.82, 2.24) is 4.90 Å². The minimum atomic E-state index is -0.542. The van der Waals surface area contributed by atoms with Crippen LogP contribution in [-0.4, -0.2) is 42.8 Å². The zero-order chi connectivity index (χ0) is 13.4. The second-order valence-electron chi connectivity index (χ2n) is 5.00. The van der Waals surface area contributed by atoms with Crippen LogP contribution in [0.3, 0.4) is 0 Å². The topological polar surface area (TPSA) is 40.6 Å². The van der Waals surface area contributed by atoms with E-state index < -0.39 is 17.5 Å². The van der Waals surface area contributed by atoms with Crippen LogP contribution in [-0.2, 0) is 4.79 Å². The van der Waals surface area contributed by atoms with E-state index in [1.54, 1.807) is 0 Å². The van der Waals surface area contributed by atoms with E-state index in [9.17, 15) is 14.0 Å². The van der Waals surface area contributed by atoms with Crippen LogP contribution in [0.4, 0.5) is 10.1 Å². The SMILES string of the molecule is O=C1C(=O)N(CCN2CCCC2)c2cc(F)ccc21. The lowest BCUT2D eigenvalue weighted by Gasteiger charge is -2.21. The Morgan fingerprint density at radius 3 is 2.58 bits per heavy atom. The zero-order valence-electron chi connectivity index (χ0n) is 10.6. The molecule has 0 aliphatic carbocycles. The maximum Gasteiger partial charge on any atom is 0.299 e. The van der Waals surface area contributed by atoms with Crippen molar-refractivity contribution < 1.29 is 14.0 Å². The van der Waals surface area contributed by atoms with Crippen LogP contribution in [0, 0.1) is 5.82 Å². The number of Topliss-reactive ketones (excluding diaryl/α,β-unsaturated/α-hetero) is 1. The molecule has 1 fully saturated rings. The summed E-state index contributed by atoms with van der Waals surface area (Å²) in [6.45, 7) is 3.24. The van der Waals surface area contributed by atoms with Gasteiger partial charge in [0.15, 0.2) is 0 Å². The number of likely N-dealkylation sites (tertiary alicyclic amines) is 1. The van der Waals surface area contributed by atoms with Gasteiger partial charge in [0.1, 0.15) is 5.82 Å². The quantitative estimate of drug-likeness (QED) is 0.774. The Kier molecular flexibility index (Phi) is 3.06. The summed E-state index contributed by atoms with van der Waals surface area (Å²) in [7, 11) is 0. The first kappa shape index (κ1) is 12.3. The third kappa shape index (κ3) is 2.14. The van der Waals surface area contributed by atoms with Gasteiger partial charge < -0.3 is 9.80 Å². The summed E-state index contributed by atoms with van der Waals surface area (Å²) in [4.78, 5) is 27.4. The Morgan fingerprint density at radius 2 is 1.84 bits per heavy atom. The molecular weight excluding hydrogens is 247 g/mol. The number of anilines is 1. The van der Waals surface area contributed by atoms with E-state index in [1.807, 2.05) is 0 Å². The highest BCUT2D eigenvalue weighted by Crippen LogP contribution is 2.29. The highest BCUT2D eigenvalue weighted by molar-refractivity contribution is 6.52. The summed E-state index contributed by atoms with van der Waals surface area (Å²) in [5.74, 6) is -1.50. The van der Waals surface area contributed by atoms with Crippen LogP contribution in [0.5, 0.6) is 0 Å². The predicted molar refractivity (Wildman–Crippen MR) is 68.8 cm³/mol. The molecule has 0 saturated carbocycles. The fourth-order valence-electron chi connectivity index (χ4n) is 2.74. The second kappa shape index (κ2) is 4.74. The summed E-state index contributed by atoms with van der Waals surface area (Å²) in [6, 6.07) is 3.87. The molecular formula is C14H15FN2O2. The van der Waals surface area contributed by atoms with Crippen LogP contribution in [0.1, 0.15) is 23.2 Å². The van der Waals surface area contributed by atoms with E-state index in [-0.39, 0.29) is 0 Å². The van der Waals surface area contributed by atoms with Gasteiger partial charge in [-0.05, 0) is 44.1 Å². The van der Waals surface area contributed by atoms with Gasteiger partial charge in [-0.1, -0.05) is 0 Å². The highest BCUT2D eigenvalue weighted by atomic mass is 19.1. The van der Waals surface area contributed by atoms with Gasteiger partial charge in [-0.2, -0.15) is 0 Å². The van der Waals surface area contributed by atoms with Crippen LogP contribution in [0.15, 0.2) is 18.2 Å². The van der Waals surface area contributed by atoms with Crippen LogP contribution < -0.4 is 4.90 Å². The molecule has 0 N–H and O–H groups in total. The number of fused-ring (bicyclic) bond motifs is 1. The van der Waals surface area contributed by atoms with Crippen molar-refractivity contribution >= 4 is 17.4 Å². The number of carbonyl (C=O) groups is 2.